The van der Waals surface area contributed by atoms with Crippen LogP contribution in [0.25, 0.3) is 0 Å². The molecule has 1 atom stereocenters. The summed E-state index contributed by atoms with van der Waals surface area (Å²) in [5.41, 5.74) is 5.63. The predicted octanol–water partition coefficient (Wildman–Crippen LogP) is 2.80. The number of carbonyl (C=O) groups excluding carboxylic acids is 1. The van der Waals surface area contributed by atoms with E-state index in [1.807, 2.05) is 0 Å². The molecule has 1 rings (SSSR count). The zero-order valence-electron chi connectivity index (χ0n) is 10.3. The molecule has 0 aliphatic rings. The number of nitrogens with two attached hydrogens (primary N) is 1. The van der Waals surface area contributed by atoms with Gasteiger partial charge in [-0.1, -0.05) is 26.0 Å². The van der Waals surface area contributed by atoms with Crippen molar-refractivity contribution in [1.29, 1.82) is 0 Å². The van der Waals surface area contributed by atoms with Crippen LogP contribution in [0.4, 0.5) is 13.2 Å². The van der Waals surface area contributed by atoms with Gasteiger partial charge in [-0.2, -0.15) is 13.2 Å². The van der Waals surface area contributed by atoms with Gasteiger partial charge in [0.25, 0.3) is 0 Å². The quantitative estimate of drug-likeness (QED) is 0.903. The maximum absolute atomic E-state index is 12.3. The number of ketones is 1. The molecule has 0 radical (unpaired) electrons. The van der Waals surface area contributed by atoms with E-state index in [1.54, 1.807) is 13.8 Å². The summed E-state index contributed by atoms with van der Waals surface area (Å²) in [7, 11) is 0. The number of benzene rings is 1. The van der Waals surface area contributed by atoms with Crippen LogP contribution in [0.3, 0.4) is 0 Å². The van der Waals surface area contributed by atoms with Crippen molar-refractivity contribution in [3.05, 3.63) is 35.4 Å². The molecular formula is C13H16F3NO. The molecule has 0 amide bonds. The Bertz CT molecular complexity index is 409. The molecule has 1 aromatic rings. The van der Waals surface area contributed by atoms with Crippen LogP contribution in [-0.4, -0.2) is 11.8 Å². The fraction of sp³-hybridized carbons (Fsp3) is 0.462. The topological polar surface area (TPSA) is 43.1 Å². The van der Waals surface area contributed by atoms with Crippen molar-refractivity contribution in [2.75, 3.05) is 0 Å². The molecule has 0 spiro atoms. The number of halogens is 3. The van der Waals surface area contributed by atoms with Gasteiger partial charge in [0.05, 0.1) is 11.6 Å². The van der Waals surface area contributed by atoms with Crippen LogP contribution in [0, 0.1) is 5.92 Å². The summed E-state index contributed by atoms with van der Waals surface area (Å²) in [6, 6.07) is 4.05. The Labute approximate surface area is 104 Å². The molecule has 1 aromatic carbocycles. The lowest BCUT2D eigenvalue weighted by atomic mass is 9.96. The first-order valence-electron chi connectivity index (χ1n) is 5.67. The van der Waals surface area contributed by atoms with E-state index in [-0.39, 0.29) is 18.1 Å². The number of rotatable bonds is 4. The minimum absolute atomic E-state index is 0.0881. The molecule has 18 heavy (non-hydrogen) atoms. The van der Waals surface area contributed by atoms with Gasteiger partial charge in [0.15, 0.2) is 5.78 Å². The highest BCUT2D eigenvalue weighted by molar-refractivity contribution is 5.85. The van der Waals surface area contributed by atoms with E-state index < -0.39 is 17.8 Å². The van der Waals surface area contributed by atoms with Gasteiger partial charge in [-0.05, 0) is 24.1 Å². The molecule has 2 nitrogen and oxygen atoms in total. The monoisotopic (exact) mass is 259 g/mol. The first-order chi connectivity index (χ1) is 8.21. The van der Waals surface area contributed by atoms with Crippen LogP contribution >= 0.6 is 0 Å². The summed E-state index contributed by atoms with van der Waals surface area (Å²) in [6.07, 6.45) is -4.08. The van der Waals surface area contributed by atoms with E-state index in [9.17, 15) is 18.0 Å². The summed E-state index contributed by atoms with van der Waals surface area (Å²) >= 11 is 0. The van der Waals surface area contributed by atoms with Gasteiger partial charge < -0.3 is 5.73 Å². The first kappa shape index (κ1) is 14.7. The average molecular weight is 259 g/mol. The van der Waals surface area contributed by atoms with Gasteiger partial charge in [-0.25, -0.2) is 0 Å². The molecule has 5 heteroatoms. The smallest absolute Gasteiger partial charge is 0.321 e. The second kappa shape index (κ2) is 5.52. The lowest BCUT2D eigenvalue weighted by Gasteiger charge is -2.13. The Hall–Kier alpha value is -1.36. The Kier molecular flexibility index (Phi) is 4.51. The predicted molar refractivity (Wildman–Crippen MR) is 63.0 cm³/mol. The molecule has 100 valence electrons. The number of hydrogen-bond acceptors (Lipinski definition) is 2. The highest BCUT2D eigenvalue weighted by atomic mass is 19.4. The SMILES string of the molecule is CC(C)C(=O)C(N)Cc1ccc(C(F)(F)F)cc1. The standard InChI is InChI=1S/C13H16F3NO/c1-8(2)12(18)11(17)7-9-3-5-10(6-4-9)13(14,15)16/h3-6,8,11H,7,17H2,1-2H3. The number of alkyl halides is 3. The van der Waals surface area contributed by atoms with Crippen molar-refractivity contribution in [2.24, 2.45) is 11.7 Å². The fourth-order valence-electron chi connectivity index (χ4n) is 1.61. The number of hydrogen-bond donors (Lipinski definition) is 1. The van der Waals surface area contributed by atoms with Crippen LogP contribution in [0.1, 0.15) is 25.0 Å². The van der Waals surface area contributed by atoms with Gasteiger partial charge in [-0.15, -0.1) is 0 Å². The van der Waals surface area contributed by atoms with Gasteiger partial charge in [-0.3, -0.25) is 4.79 Å². The van der Waals surface area contributed by atoms with Gasteiger partial charge in [0.1, 0.15) is 0 Å². The van der Waals surface area contributed by atoms with E-state index in [4.69, 9.17) is 5.73 Å². The molecular weight excluding hydrogens is 243 g/mol. The van der Waals surface area contributed by atoms with Gasteiger partial charge >= 0.3 is 6.18 Å². The van der Waals surface area contributed by atoms with Crippen molar-refractivity contribution >= 4 is 5.78 Å². The second-order valence-corrected chi connectivity index (χ2v) is 4.56. The van der Waals surface area contributed by atoms with E-state index in [0.717, 1.165) is 12.1 Å². The normalized spacial score (nSPS) is 13.7. The molecule has 0 aromatic heterocycles. The Morgan fingerprint density at radius 1 is 1.22 bits per heavy atom. The van der Waals surface area contributed by atoms with E-state index in [0.29, 0.717) is 5.56 Å². The third-order valence-corrected chi connectivity index (χ3v) is 2.67. The van der Waals surface area contributed by atoms with Gasteiger partial charge in [0.2, 0.25) is 0 Å². The maximum Gasteiger partial charge on any atom is 0.416 e. The van der Waals surface area contributed by atoms with Crippen LogP contribution in [0.2, 0.25) is 0 Å². The Morgan fingerprint density at radius 2 is 1.72 bits per heavy atom. The fourth-order valence-corrected chi connectivity index (χ4v) is 1.61. The summed E-state index contributed by atoms with van der Waals surface area (Å²) in [6.45, 7) is 3.49. The zero-order valence-corrected chi connectivity index (χ0v) is 10.3. The van der Waals surface area contributed by atoms with Crippen molar-refractivity contribution in [1.82, 2.24) is 0 Å². The average Bonchev–Trinajstić information content (AvgIpc) is 2.27. The molecule has 1 unspecified atom stereocenters. The lowest BCUT2D eigenvalue weighted by molar-refractivity contribution is -0.137. The van der Waals surface area contributed by atoms with Crippen LogP contribution < -0.4 is 5.73 Å². The van der Waals surface area contributed by atoms with Crippen molar-refractivity contribution in [2.45, 2.75) is 32.5 Å². The molecule has 0 bridgehead atoms. The van der Waals surface area contributed by atoms with E-state index in [2.05, 4.69) is 0 Å². The Balaban J connectivity index is 2.73. The number of carbonyl (C=O) groups is 1. The molecule has 2 N–H and O–H groups in total. The summed E-state index contributed by atoms with van der Waals surface area (Å²) in [4.78, 5) is 11.6. The minimum Gasteiger partial charge on any atom is -0.321 e. The molecule has 0 saturated heterocycles. The van der Waals surface area contributed by atoms with Crippen molar-refractivity contribution < 1.29 is 18.0 Å². The highest BCUT2D eigenvalue weighted by Crippen LogP contribution is 2.29. The van der Waals surface area contributed by atoms with E-state index >= 15 is 0 Å². The summed E-state index contributed by atoms with van der Waals surface area (Å²) in [5, 5.41) is 0. The molecule has 0 aliphatic carbocycles. The highest BCUT2D eigenvalue weighted by Gasteiger charge is 2.30. The third kappa shape index (κ3) is 3.84. The molecule has 0 saturated carbocycles. The van der Waals surface area contributed by atoms with Crippen LogP contribution in [0.15, 0.2) is 24.3 Å². The molecule has 0 aliphatic heterocycles. The van der Waals surface area contributed by atoms with Crippen molar-refractivity contribution in [3.8, 4) is 0 Å². The maximum atomic E-state index is 12.3. The minimum atomic E-state index is -4.34. The zero-order chi connectivity index (χ0) is 13.9. The molecule has 0 heterocycles. The van der Waals surface area contributed by atoms with Crippen molar-refractivity contribution in [3.63, 3.8) is 0 Å². The largest absolute Gasteiger partial charge is 0.416 e. The van der Waals surface area contributed by atoms with Crippen LogP contribution in [-0.2, 0) is 17.4 Å². The summed E-state index contributed by atoms with van der Waals surface area (Å²) < 4.78 is 37.0. The first-order valence-corrected chi connectivity index (χ1v) is 5.67. The van der Waals surface area contributed by atoms with E-state index in [1.165, 1.54) is 12.1 Å². The third-order valence-electron chi connectivity index (χ3n) is 2.67. The van der Waals surface area contributed by atoms with Crippen LogP contribution in [0.5, 0.6) is 0 Å². The number of Topliss-reactive ketones (excluding diaryl/α,β-unsaturated/α-hetero) is 1. The lowest BCUT2D eigenvalue weighted by Crippen LogP contribution is -2.35. The Morgan fingerprint density at radius 3 is 2.11 bits per heavy atom. The van der Waals surface area contributed by atoms with Gasteiger partial charge in [0, 0.05) is 5.92 Å². The second-order valence-electron chi connectivity index (χ2n) is 4.56. The summed E-state index contributed by atoms with van der Waals surface area (Å²) in [5.74, 6) is -0.260. The molecule has 0 fully saturated rings.